The fourth-order valence-corrected chi connectivity index (χ4v) is 1.43. The van der Waals surface area contributed by atoms with Gasteiger partial charge in [-0.1, -0.05) is 0 Å². The van der Waals surface area contributed by atoms with Gasteiger partial charge >= 0.3 is 0 Å². The summed E-state index contributed by atoms with van der Waals surface area (Å²) in [5, 5.41) is 6.63. The van der Waals surface area contributed by atoms with E-state index in [-0.39, 0.29) is 5.95 Å². The first-order valence-electron chi connectivity index (χ1n) is 4.89. The standard InChI is InChI=1S/C8H8N8/c9-16-15-8-13-6-5(10-3-11-6)7(14-8)12-4-1-2-4/h3-4H,1-2H2,(H2,10,11,12,13,14). The summed E-state index contributed by atoms with van der Waals surface area (Å²) in [4.78, 5) is 17.8. The van der Waals surface area contributed by atoms with Crippen molar-refractivity contribution in [2.75, 3.05) is 5.32 Å². The number of aromatic amines is 1. The molecule has 0 saturated heterocycles. The van der Waals surface area contributed by atoms with Gasteiger partial charge in [-0.25, -0.2) is 15.0 Å². The summed E-state index contributed by atoms with van der Waals surface area (Å²) >= 11 is 0. The van der Waals surface area contributed by atoms with Crippen molar-refractivity contribution in [1.82, 2.24) is 19.9 Å². The van der Waals surface area contributed by atoms with Crippen LogP contribution in [0.5, 0.6) is 0 Å². The lowest BCUT2D eigenvalue weighted by atomic mass is 10.4. The Balaban J connectivity index is 2.13. The molecule has 1 fully saturated rings. The molecule has 2 aromatic heterocycles. The number of H-pyrrole nitrogens is 1. The molecule has 1 saturated carbocycles. The van der Waals surface area contributed by atoms with Crippen LogP contribution in [-0.2, 0) is 0 Å². The molecule has 0 bridgehead atoms. The highest BCUT2D eigenvalue weighted by Gasteiger charge is 2.23. The quantitative estimate of drug-likeness (QED) is 0.462. The van der Waals surface area contributed by atoms with Crippen LogP contribution in [0.2, 0.25) is 0 Å². The second-order valence-corrected chi connectivity index (χ2v) is 3.58. The van der Waals surface area contributed by atoms with E-state index in [4.69, 9.17) is 5.53 Å². The molecule has 0 spiro atoms. The molecule has 2 aromatic rings. The third-order valence-corrected chi connectivity index (χ3v) is 2.33. The predicted octanol–water partition coefficient (Wildman–Crippen LogP) is 1.87. The SMILES string of the molecule is [N-]=[N+]=Nc1nc(NC2CC2)c2[nH]cnc2n1. The second-order valence-electron chi connectivity index (χ2n) is 3.58. The molecule has 0 atom stereocenters. The Morgan fingerprint density at radius 3 is 3.12 bits per heavy atom. The summed E-state index contributed by atoms with van der Waals surface area (Å²) < 4.78 is 0. The van der Waals surface area contributed by atoms with E-state index >= 15 is 0 Å². The zero-order valence-electron chi connectivity index (χ0n) is 8.25. The molecule has 80 valence electrons. The molecular formula is C8H8N8. The summed E-state index contributed by atoms with van der Waals surface area (Å²) in [5.74, 6) is 0.734. The van der Waals surface area contributed by atoms with Crippen molar-refractivity contribution in [3.63, 3.8) is 0 Å². The van der Waals surface area contributed by atoms with Crippen molar-refractivity contribution in [1.29, 1.82) is 0 Å². The monoisotopic (exact) mass is 216 g/mol. The fraction of sp³-hybridized carbons (Fsp3) is 0.375. The van der Waals surface area contributed by atoms with Crippen LogP contribution in [0, 0.1) is 0 Å². The van der Waals surface area contributed by atoms with Crippen LogP contribution in [-0.4, -0.2) is 26.0 Å². The van der Waals surface area contributed by atoms with Crippen molar-refractivity contribution in [3.8, 4) is 0 Å². The Labute approximate surface area is 89.8 Å². The van der Waals surface area contributed by atoms with Crippen molar-refractivity contribution < 1.29 is 0 Å². The molecule has 8 nitrogen and oxygen atoms in total. The third-order valence-electron chi connectivity index (χ3n) is 2.33. The number of hydrogen-bond acceptors (Lipinski definition) is 5. The maximum Gasteiger partial charge on any atom is 0.220 e. The molecule has 2 heterocycles. The van der Waals surface area contributed by atoms with Crippen LogP contribution < -0.4 is 5.32 Å². The highest BCUT2D eigenvalue weighted by molar-refractivity contribution is 5.83. The van der Waals surface area contributed by atoms with Crippen molar-refractivity contribution in [2.45, 2.75) is 18.9 Å². The number of aromatic nitrogens is 4. The summed E-state index contributed by atoms with van der Waals surface area (Å²) in [5.41, 5.74) is 9.60. The van der Waals surface area contributed by atoms with Gasteiger partial charge in [-0.05, 0) is 23.5 Å². The van der Waals surface area contributed by atoms with Gasteiger partial charge in [0.15, 0.2) is 11.5 Å². The normalized spacial score (nSPS) is 14.8. The lowest BCUT2D eigenvalue weighted by Crippen LogP contribution is -2.04. The van der Waals surface area contributed by atoms with Crippen LogP contribution in [0.3, 0.4) is 0 Å². The number of fused-ring (bicyclic) bond motifs is 1. The molecular weight excluding hydrogens is 208 g/mol. The highest BCUT2D eigenvalue weighted by Crippen LogP contribution is 2.27. The average molecular weight is 216 g/mol. The number of nitrogens with one attached hydrogen (secondary N) is 2. The lowest BCUT2D eigenvalue weighted by molar-refractivity contribution is 1.09. The van der Waals surface area contributed by atoms with Crippen molar-refractivity contribution in [2.24, 2.45) is 5.11 Å². The number of nitrogens with zero attached hydrogens (tertiary/aromatic N) is 6. The average Bonchev–Trinajstić information content (AvgIpc) is 2.95. The molecule has 1 aliphatic carbocycles. The van der Waals surface area contributed by atoms with Crippen LogP contribution in [0.15, 0.2) is 11.4 Å². The second kappa shape index (κ2) is 3.35. The van der Waals surface area contributed by atoms with E-state index in [0.717, 1.165) is 18.4 Å². The zero-order valence-corrected chi connectivity index (χ0v) is 8.25. The number of imidazole rings is 1. The molecule has 1 aliphatic rings. The minimum Gasteiger partial charge on any atom is -0.365 e. The Bertz CT molecular complexity index is 577. The van der Waals surface area contributed by atoms with Gasteiger partial charge in [0.25, 0.3) is 0 Å². The van der Waals surface area contributed by atoms with E-state index in [9.17, 15) is 0 Å². The van der Waals surface area contributed by atoms with E-state index in [2.05, 4.69) is 35.3 Å². The van der Waals surface area contributed by atoms with Gasteiger partial charge in [0.2, 0.25) is 5.95 Å². The van der Waals surface area contributed by atoms with Gasteiger partial charge in [-0.3, -0.25) is 0 Å². The smallest absolute Gasteiger partial charge is 0.220 e. The number of anilines is 1. The molecule has 0 radical (unpaired) electrons. The van der Waals surface area contributed by atoms with Crippen molar-refractivity contribution in [3.05, 3.63) is 16.8 Å². The number of hydrogen-bond donors (Lipinski definition) is 2. The molecule has 0 aromatic carbocycles. The van der Waals surface area contributed by atoms with Crippen LogP contribution in [0.25, 0.3) is 21.6 Å². The summed E-state index contributed by atoms with van der Waals surface area (Å²) in [6.45, 7) is 0. The first kappa shape index (κ1) is 8.93. The topological polar surface area (TPSA) is 115 Å². The number of azide groups is 1. The summed E-state index contributed by atoms with van der Waals surface area (Å²) in [6, 6.07) is 0.459. The maximum atomic E-state index is 8.36. The Morgan fingerprint density at radius 2 is 2.38 bits per heavy atom. The van der Waals surface area contributed by atoms with E-state index < -0.39 is 0 Å². The molecule has 0 aliphatic heterocycles. The molecule has 0 unspecified atom stereocenters. The Hall–Kier alpha value is -2.34. The minimum absolute atomic E-state index is 0.0882. The molecule has 0 amide bonds. The first-order chi connectivity index (χ1) is 7.86. The summed E-state index contributed by atoms with van der Waals surface area (Å²) in [6.07, 6.45) is 3.81. The first-order valence-corrected chi connectivity index (χ1v) is 4.89. The van der Waals surface area contributed by atoms with Gasteiger partial charge in [-0.2, -0.15) is 0 Å². The van der Waals surface area contributed by atoms with Crippen LogP contribution in [0.4, 0.5) is 11.8 Å². The minimum atomic E-state index is 0.0882. The highest BCUT2D eigenvalue weighted by atomic mass is 15.2. The molecule has 3 rings (SSSR count). The molecule has 16 heavy (non-hydrogen) atoms. The predicted molar refractivity (Wildman–Crippen MR) is 57.1 cm³/mol. The van der Waals surface area contributed by atoms with E-state index in [1.807, 2.05) is 0 Å². The third kappa shape index (κ3) is 1.51. The lowest BCUT2D eigenvalue weighted by Gasteiger charge is -2.04. The summed E-state index contributed by atoms with van der Waals surface area (Å²) in [7, 11) is 0. The Kier molecular flexibility index (Phi) is 1.87. The van der Waals surface area contributed by atoms with Gasteiger partial charge in [0.1, 0.15) is 5.52 Å². The van der Waals surface area contributed by atoms with Crippen LogP contribution >= 0.6 is 0 Å². The van der Waals surface area contributed by atoms with Crippen LogP contribution in [0.1, 0.15) is 12.8 Å². The largest absolute Gasteiger partial charge is 0.365 e. The van der Waals surface area contributed by atoms with Gasteiger partial charge < -0.3 is 10.3 Å². The maximum absolute atomic E-state index is 8.36. The van der Waals surface area contributed by atoms with Gasteiger partial charge in [-0.15, -0.1) is 0 Å². The Morgan fingerprint density at radius 1 is 1.50 bits per heavy atom. The van der Waals surface area contributed by atoms with E-state index in [1.165, 1.54) is 6.33 Å². The number of rotatable bonds is 3. The van der Waals surface area contributed by atoms with Gasteiger partial charge in [0, 0.05) is 11.0 Å². The zero-order chi connectivity index (χ0) is 11.0. The van der Waals surface area contributed by atoms with Crippen molar-refractivity contribution >= 4 is 22.9 Å². The van der Waals surface area contributed by atoms with Gasteiger partial charge in [0.05, 0.1) is 6.33 Å². The fourth-order valence-electron chi connectivity index (χ4n) is 1.43. The molecule has 2 N–H and O–H groups in total. The molecule has 8 heteroatoms. The van der Waals surface area contributed by atoms with E-state index in [0.29, 0.717) is 17.5 Å². The van der Waals surface area contributed by atoms with E-state index in [1.54, 1.807) is 0 Å².